The third kappa shape index (κ3) is 3.44. The third-order valence-electron chi connectivity index (χ3n) is 3.23. The predicted molar refractivity (Wildman–Crippen MR) is 82.0 cm³/mol. The number of benzene rings is 1. The lowest BCUT2D eigenvalue weighted by Gasteiger charge is -2.19. The Hall–Kier alpha value is -2.37. The number of anilines is 1. The van der Waals surface area contributed by atoms with Crippen LogP contribution in [-0.4, -0.2) is 22.9 Å². The highest BCUT2D eigenvalue weighted by molar-refractivity contribution is 5.81. The Morgan fingerprint density at radius 1 is 1.36 bits per heavy atom. The lowest BCUT2D eigenvalue weighted by molar-refractivity contribution is -0.141. The third-order valence-corrected chi connectivity index (χ3v) is 3.23. The molecule has 118 valence electrons. The van der Waals surface area contributed by atoms with Gasteiger partial charge >= 0.3 is 5.97 Å². The standard InChI is InChI=1S/C16H20FN3O2/c1-16(2,3)20-10-11(9-18-20)19-14(15(21)22-4)12-7-5-6-8-13(12)17/h5-10,14,19H,1-4H3/t14-/m1/s1. The molecule has 22 heavy (non-hydrogen) atoms. The van der Waals surface area contributed by atoms with Gasteiger partial charge in [-0.2, -0.15) is 5.10 Å². The smallest absolute Gasteiger partial charge is 0.333 e. The molecule has 0 bridgehead atoms. The molecule has 0 aliphatic rings. The first-order valence-corrected chi connectivity index (χ1v) is 6.97. The second-order valence-corrected chi connectivity index (χ2v) is 5.97. The van der Waals surface area contributed by atoms with Gasteiger partial charge < -0.3 is 10.1 Å². The van der Waals surface area contributed by atoms with Crippen LogP contribution in [0, 0.1) is 5.82 Å². The summed E-state index contributed by atoms with van der Waals surface area (Å²) >= 11 is 0. The summed E-state index contributed by atoms with van der Waals surface area (Å²) in [5, 5.41) is 7.23. The van der Waals surface area contributed by atoms with Crippen LogP contribution in [0.2, 0.25) is 0 Å². The minimum Gasteiger partial charge on any atom is -0.467 e. The highest BCUT2D eigenvalue weighted by Gasteiger charge is 2.25. The summed E-state index contributed by atoms with van der Waals surface area (Å²) in [4.78, 5) is 12.0. The fourth-order valence-electron chi connectivity index (χ4n) is 2.02. The van der Waals surface area contributed by atoms with E-state index in [2.05, 4.69) is 10.4 Å². The molecule has 0 spiro atoms. The largest absolute Gasteiger partial charge is 0.467 e. The van der Waals surface area contributed by atoms with Crippen molar-refractivity contribution in [1.29, 1.82) is 0 Å². The van der Waals surface area contributed by atoms with Crippen molar-refractivity contribution in [2.75, 3.05) is 12.4 Å². The summed E-state index contributed by atoms with van der Waals surface area (Å²) in [6.07, 6.45) is 3.37. The summed E-state index contributed by atoms with van der Waals surface area (Å²) < 4.78 is 20.5. The van der Waals surface area contributed by atoms with E-state index in [1.165, 1.54) is 13.2 Å². The van der Waals surface area contributed by atoms with Crippen molar-refractivity contribution in [1.82, 2.24) is 9.78 Å². The molecule has 0 amide bonds. The zero-order chi connectivity index (χ0) is 16.3. The van der Waals surface area contributed by atoms with Crippen LogP contribution in [0.5, 0.6) is 0 Å². The van der Waals surface area contributed by atoms with Gasteiger partial charge in [0.25, 0.3) is 0 Å². The quantitative estimate of drug-likeness (QED) is 0.882. The number of esters is 1. The van der Waals surface area contributed by atoms with E-state index in [-0.39, 0.29) is 11.1 Å². The van der Waals surface area contributed by atoms with E-state index < -0.39 is 17.8 Å². The molecular weight excluding hydrogens is 285 g/mol. The van der Waals surface area contributed by atoms with E-state index >= 15 is 0 Å². The lowest BCUT2D eigenvalue weighted by atomic mass is 10.1. The van der Waals surface area contributed by atoms with Gasteiger partial charge in [0.2, 0.25) is 0 Å². The van der Waals surface area contributed by atoms with E-state index in [9.17, 15) is 9.18 Å². The molecule has 0 saturated carbocycles. The molecule has 5 nitrogen and oxygen atoms in total. The summed E-state index contributed by atoms with van der Waals surface area (Å²) in [7, 11) is 1.27. The Morgan fingerprint density at radius 2 is 2.05 bits per heavy atom. The van der Waals surface area contributed by atoms with Crippen LogP contribution in [0.15, 0.2) is 36.7 Å². The van der Waals surface area contributed by atoms with Crippen LogP contribution < -0.4 is 5.32 Å². The number of nitrogens with zero attached hydrogens (tertiary/aromatic N) is 2. The van der Waals surface area contributed by atoms with E-state index in [0.717, 1.165) is 0 Å². The number of halogens is 1. The van der Waals surface area contributed by atoms with Crippen molar-refractivity contribution < 1.29 is 13.9 Å². The Bertz CT molecular complexity index is 661. The molecule has 1 aromatic heterocycles. The number of ether oxygens (including phenoxy) is 1. The van der Waals surface area contributed by atoms with Crippen LogP contribution >= 0.6 is 0 Å². The van der Waals surface area contributed by atoms with Crippen LogP contribution in [0.3, 0.4) is 0 Å². The Balaban J connectivity index is 2.30. The monoisotopic (exact) mass is 305 g/mol. The van der Waals surface area contributed by atoms with Gasteiger partial charge in [-0.05, 0) is 26.8 Å². The van der Waals surface area contributed by atoms with E-state index in [0.29, 0.717) is 5.69 Å². The normalized spacial score (nSPS) is 12.8. The number of nitrogens with one attached hydrogen (secondary N) is 1. The molecular formula is C16H20FN3O2. The summed E-state index contributed by atoms with van der Waals surface area (Å²) in [6.45, 7) is 6.04. The summed E-state index contributed by atoms with van der Waals surface area (Å²) in [5.41, 5.74) is 0.671. The maximum absolute atomic E-state index is 14.0. The first kappa shape index (κ1) is 16.0. The zero-order valence-corrected chi connectivity index (χ0v) is 13.1. The van der Waals surface area contributed by atoms with Gasteiger partial charge in [-0.15, -0.1) is 0 Å². The average Bonchev–Trinajstić information content (AvgIpc) is 2.93. The summed E-state index contributed by atoms with van der Waals surface area (Å²) in [6, 6.07) is 5.19. The molecule has 1 aromatic carbocycles. The highest BCUT2D eigenvalue weighted by atomic mass is 19.1. The van der Waals surface area contributed by atoms with Crippen LogP contribution in [0.25, 0.3) is 0 Å². The Labute approximate surface area is 129 Å². The molecule has 0 aliphatic carbocycles. The second-order valence-electron chi connectivity index (χ2n) is 5.97. The Kier molecular flexibility index (Phi) is 4.49. The number of methoxy groups -OCH3 is 1. The first-order chi connectivity index (χ1) is 10.3. The van der Waals surface area contributed by atoms with Gasteiger partial charge in [0.1, 0.15) is 5.82 Å². The molecule has 0 unspecified atom stereocenters. The molecule has 0 aliphatic heterocycles. The molecule has 1 N–H and O–H groups in total. The molecule has 1 heterocycles. The highest BCUT2D eigenvalue weighted by Crippen LogP contribution is 2.24. The molecule has 0 fully saturated rings. The van der Waals surface area contributed by atoms with Gasteiger partial charge in [0.05, 0.1) is 24.5 Å². The topological polar surface area (TPSA) is 56.1 Å². The van der Waals surface area contributed by atoms with Crippen LogP contribution in [0.1, 0.15) is 32.4 Å². The molecule has 1 atom stereocenters. The maximum Gasteiger partial charge on any atom is 0.333 e. The maximum atomic E-state index is 14.0. The van der Waals surface area contributed by atoms with Gasteiger partial charge in [0.15, 0.2) is 6.04 Å². The zero-order valence-electron chi connectivity index (χ0n) is 13.1. The fourth-order valence-corrected chi connectivity index (χ4v) is 2.02. The molecule has 2 rings (SSSR count). The fraction of sp³-hybridized carbons (Fsp3) is 0.375. The number of carbonyl (C=O) groups is 1. The predicted octanol–water partition coefficient (Wildman–Crippen LogP) is 3.10. The van der Waals surface area contributed by atoms with E-state index in [1.807, 2.05) is 20.8 Å². The minimum absolute atomic E-state index is 0.182. The van der Waals surface area contributed by atoms with Crippen molar-refractivity contribution in [3.05, 3.63) is 48.0 Å². The SMILES string of the molecule is COC(=O)[C@H](Nc1cnn(C(C)(C)C)c1)c1ccccc1F. The van der Waals surface area contributed by atoms with Gasteiger partial charge in [0, 0.05) is 11.8 Å². The van der Waals surface area contributed by atoms with Gasteiger partial charge in [-0.3, -0.25) is 4.68 Å². The number of rotatable bonds is 4. The van der Waals surface area contributed by atoms with Crippen LogP contribution in [-0.2, 0) is 15.1 Å². The summed E-state index contributed by atoms with van der Waals surface area (Å²) in [5.74, 6) is -1.03. The van der Waals surface area contributed by atoms with Crippen LogP contribution in [0.4, 0.5) is 10.1 Å². The molecule has 6 heteroatoms. The lowest BCUT2D eigenvalue weighted by Crippen LogP contribution is -2.24. The van der Waals surface area contributed by atoms with Crippen molar-refractivity contribution in [3.63, 3.8) is 0 Å². The number of hydrogen-bond acceptors (Lipinski definition) is 4. The van der Waals surface area contributed by atoms with Gasteiger partial charge in [-0.25, -0.2) is 9.18 Å². The van der Waals surface area contributed by atoms with Gasteiger partial charge in [-0.1, -0.05) is 18.2 Å². The number of hydrogen-bond donors (Lipinski definition) is 1. The molecule has 0 radical (unpaired) electrons. The van der Waals surface area contributed by atoms with E-state index in [1.54, 1.807) is 35.3 Å². The van der Waals surface area contributed by atoms with Crippen molar-refractivity contribution in [3.8, 4) is 0 Å². The van der Waals surface area contributed by atoms with E-state index in [4.69, 9.17) is 4.74 Å². The van der Waals surface area contributed by atoms with Crippen molar-refractivity contribution in [2.45, 2.75) is 32.4 Å². The average molecular weight is 305 g/mol. The minimum atomic E-state index is -0.927. The molecule has 0 saturated heterocycles. The van der Waals surface area contributed by atoms with Crippen molar-refractivity contribution >= 4 is 11.7 Å². The number of carbonyl (C=O) groups excluding carboxylic acids is 1. The van der Waals surface area contributed by atoms with Crippen molar-refractivity contribution in [2.24, 2.45) is 0 Å². The Morgan fingerprint density at radius 3 is 2.59 bits per heavy atom. The number of aromatic nitrogens is 2. The second kappa shape index (κ2) is 6.17. The molecule has 2 aromatic rings. The first-order valence-electron chi connectivity index (χ1n) is 6.97.